The molecule has 46 valence electrons. The molecule has 4 heteroatoms. The minimum Gasteiger partial charge on any atom is -0.411 e. The van der Waals surface area contributed by atoms with Crippen molar-refractivity contribution in [3.63, 3.8) is 0 Å². The van der Waals surface area contributed by atoms with Gasteiger partial charge in [-0.25, -0.2) is 0 Å². The van der Waals surface area contributed by atoms with Crippen LogP contribution < -0.4 is 5.73 Å². The third-order valence-corrected chi connectivity index (χ3v) is 0.791. The maximum atomic E-state index is 8.03. The molecule has 0 aromatic heterocycles. The molecule has 0 saturated carbocycles. The molecule has 0 heterocycles. The van der Waals surface area contributed by atoms with E-state index in [0.29, 0.717) is 0 Å². The summed E-state index contributed by atoms with van der Waals surface area (Å²) >= 11 is 0. The minimum absolute atomic E-state index is 0.121. The molecule has 0 bridgehead atoms. The molecule has 0 fully saturated rings. The molecule has 4 nitrogen and oxygen atoms in total. The van der Waals surface area contributed by atoms with E-state index in [4.69, 9.17) is 16.4 Å². The molecule has 0 unspecified atom stereocenters. The second-order valence-corrected chi connectivity index (χ2v) is 1.37. The van der Waals surface area contributed by atoms with Crippen LogP contribution in [0.15, 0.2) is 5.16 Å². The van der Waals surface area contributed by atoms with Crippen LogP contribution in [0.25, 0.3) is 0 Å². The Kier molecular flexibility index (Phi) is 2.79. The molecule has 0 aliphatic heterocycles. The molecule has 0 aliphatic carbocycles. The molecule has 8 heavy (non-hydrogen) atoms. The van der Waals surface area contributed by atoms with Crippen LogP contribution >= 0.6 is 0 Å². The van der Waals surface area contributed by atoms with Gasteiger partial charge in [-0.2, -0.15) is 0 Å². The summed E-state index contributed by atoms with van der Waals surface area (Å²) in [6.45, 7) is 1.64. The number of nitrogens with zero attached hydrogens (tertiary/aromatic N) is 1. The Bertz CT molecular complexity index is 118. The number of nitrogens with one attached hydrogen (secondary N) is 1. The van der Waals surface area contributed by atoms with E-state index >= 15 is 0 Å². The van der Waals surface area contributed by atoms with Gasteiger partial charge in [0.25, 0.3) is 0 Å². The van der Waals surface area contributed by atoms with Crippen LogP contribution in [0.2, 0.25) is 0 Å². The highest BCUT2D eigenvalue weighted by Gasteiger charge is 1.95. The van der Waals surface area contributed by atoms with E-state index in [1.54, 1.807) is 0 Å². The molecule has 0 radical (unpaired) electrons. The standard InChI is InChI=1S/C4H9N3O/c1-3(7-8)4(6)2-5/h6,8H,2,5H2,1H3/b6-4?,7-3-. The van der Waals surface area contributed by atoms with E-state index in [1.807, 2.05) is 0 Å². The summed E-state index contributed by atoms with van der Waals surface area (Å²) in [4.78, 5) is 0. The maximum absolute atomic E-state index is 8.03. The second-order valence-electron chi connectivity index (χ2n) is 1.37. The molecule has 0 rings (SSSR count). The lowest BCUT2D eigenvalue weighted by Crippen LogP contribution is -2.19. The Hall–Kier alpha value is -0.900. The van der Waals surface area contributed by atoms with Crippen molar-refractivity contribution in [1.82, 2.24) is 0 Å². The summed E-state index contributed by atoms with van der Waals surface area (Å²) in [5, 5.41) is 17.7. The van der Waals surface area contributed by atoms with Gasteiger partial charge in [0, 0.05) is 6.54 Å². The Morgan fingerprint density at radius 1 is 1.88 bits per heavy atom. The highest BCUT2D eigenvalue weighted by molar-refractivity contribution is 6.40. The first-order valence-electron chi connectivity index (χ1n) is 2.19. The second kappa shape index (κ2) is 3.15. The molecular formula is C4H9N3O. The van der Waals surface area contributed by atoms with E-state index in [-0.39, 0.29) is 18.0 Å². The summed E-state index contributed by atoms with van der Waals surface area (Å²) in [5.41, 5.74) is 5.46. The van der Waals surface area contributed by atoms with Gasteiger partial charge in [-0.3, -0.25) is 0 Å². The van der Waals surface area contributed by atoms with E-state index in [2.05, 4.69) is 5.16 Å². The minimum atomic E-state index is 0.121. The van der Waals surface area contributed by atoms with Gasteiger partial charge in [-0.15, -0.1) is 0 Å². The summed E-state index contributed by atoms with van der Waals surface area (Å²) in [6.07, 6.45) is 0. The average molecular weight is 115 g/mol. The number of hydrogen-bond acceptors (Lipinski definition) is 4. The fraction of sp³-hybridized carbons (Fsp3) is 0.500. The smallest absolute Gasteiger partial charge is 0.0984 e. The lowest BCUT2D eigenvalue weighted by Gasteiger charge is -1.92. The van der Waals surface area contributed by atoms with Crippen molar-refractivity contribution >= 4 is 11.4 Å². The van der Waals surface area contributed by atoms with Crippen LogP contribution in [0.4, 0.5) is 0 Å². The van der Waals surface area contributed by atoms with Crippen LogP contribution in [0.3, 0.4) is 0 Å². The first kappa shape index (κ1) is 7.10. The zero-order valence-electron chi connectivity index (χ0n) is 4.68. The van der Waals surface area contributed by atoms with Gasteiger partial charge < -0.3 is 16.4 Å². The normalized spacial score (nSPS) is 11.5. The number of rotatable bonds is 2. The van der Waals surface area contributed by atoms with E-state index in [1.165, 1.54) is 6.92 Å². The Morgan fingerprint density at radius 2 is 2.38 bits per heavy atom. The Balaban J connectivity index is 3.83. The van der Waals surface area contributed by atoms with E-state index < -0.39 is 0 Å². The van der Waals surface area contributed by atoms with Gasteiger partial charge in [-0.1, -0.05) is 5.16 Å². The molecule has 0 saturated heterocycles. The van der Waals surface area contributed by atoms with Gasteiger partial charge in [0.15, 0.2) is 0 Å². The van der Waals surface area contributed by atoms with E-state index in [9.17, 15) is 0 Å². The van der Waals surface area contributed by atoms with Gasteiger partial charge in [0.05, 0.1) is 11.4 Å². The van der Waals surface area contributed by atoms with Crippen molar-refractivity contribution in [3.05, 3.63) is 0 Å². The molecule has 0 aliphatic rings. The van der Waals surface area contributed by atoms with Crippen LogP contribution in [-0.2, 0) is 0 Å². The quantitative estimate of drug-likeness (QED) is 0.265. The van der Waals surface area contributed by atoms with Crippen molar-refractivity contribution in [2.45, 2.75) is 6.92 Å². The first-order chi connectivity index (χ1) is 3.72. The molecule has 0 aromatic rings. The molecule has 0 aromatic carbocycles. The van der Waals surface area contributed by atoms with Crippen molar-refractivity contribution < 1.29 is 5.21 Å². The molecule has 0 spiro atoms. The van der Waals surface area contributed by atoms with Crippen molar-refractivity contribution in [2.24, 2.45) is 10.9 Å². The number of oxime groups is 1. The third kappa shape index (κ3) is 1.70. The largest absolute Gasteiger partial charge is 0.411 e. The lowest BCUT2D eigenvalue weighted by atomic mass is 10.3. The van der Waals surface area contributed by atoms with Crippen molar-refractivity contribution in [1.29, 1.82) is 5.41 Å². The van der Waals surface area contributed by atoms with Crippen molar-refractivity contribution in [3.8, 4) is 0 Å². The highest BCUT2D eigenvalue weighted by atomic mass is 16.4. The summed E-state index contributed by atoms with van der Waals surface area (Å²) < 4.78 is 0. The van der Waals surface area contributed by atoms with Crippen LogP contribution in [-0.4, -0.2) is 23.2 Å². The maximum Gasteiger partial charge on any atom is 0.0984 e. The fourth-order valence-electron chi connectivity index (χ4n) is 0.208. The Morgan fingerprint density at radius 3 is 2.50 bits per heavy atom. The average Bonchev–Trinajstić information content (AvgIpc) is 1.84. The van der Waals surface area contributed by atoms with Crippen LogP contribution in [0.5, 0.6) is 0 Å². The topological polar surface area (TPSA) is 82.5 Å². The third-order valence-electron chi connectivity index (χ3n) is 0.791. The fourth-order valence-corrected chi connectivity index (χ4v) is 0.208. The number of nitrogens with two attached hydrogens (primary N) is 1. The summed E-state index contributed by atoms with van der Waals surface area (Å²) in [7, 11) is 0. The Labute approximate surface area is 47.5 Å². The highest BCUT2D eigenvalue weighted by Crippen LogP contribution is 1.74. The van der Waals surface area contributed by atoms with Gasteiger partial charge >= 0.3 is 0 Å². The molecule has 0 amide bonds. The number of hydrogen-bond donors (Lipinski definition) is 3. The predicted molar refractivity (Wildman–Crippen MR) is 31.7 cm³/mol. The SMILES string of the molecule is C/C(=N/O)C(=N)CN. The molecule has 0 atom stereocenters. The van der Waals surface area contributed by atoms with Crippen LogP contribution in [0.1, 0.15) is 6.92 Å². The predicted octanol–water partition coefficient (Wildman–Crippen LogP) is -0.185. The first-order valence-corrected chi connectivity index (χ1v) is 2.19. The summed E-state index contributed by atoms with van der Waals surface area (Å²) in [5.74, 6) is 0. The van der Waals surface area contributed by atoms with Gasteiger partial charge in [0.1, 0.15) is 0 Å². The molecule has 4 N–H and O–H groups in total. The van der Waals surface area contributed by atoms with Crippen LogP contribution in [0, 0.1) is 5.41 Å². The lowest BCUT2D eigenvalue weighted by molar-refractivity contribution is 0.320. The zero-order valence-corrected chi connectivity index (χ0v) is 4.68. The van der Waals surface area contributed by atoms with Crippen molar-refractivity contribution in [2.75, 3.05) is 6.54 Å². The van der Waals surface area contributed by atoms with E-state index in [0.717, 1.165) is 0 Å². The monoisotopic (exact) mass is 115 g/mol. The summed E-state index contributed by atoms with van der Waals surface area (Å²) in [6, 6.07) is 0. The molecular weight excluding hydrogens is 106 g/mol. The van der Waals surface area contributed by atoms with Gasteiger partial charge in [-0.05, 0) is 6.92 Å². The zero-order chi connectivity index (χ0) is 6.57. The van der Waals surface area contributed by atoms with Gasteiger partial charge in [0.2, 0.25) is 0 Å².